The average molecular weight is 1150 g/mol. The number of esters is 3. The molecule has 0 aromatic carbocycles. The number of hydrogen-bond donors (Lipinski definition) is 0. The SMILES string of the molecule is CC/C=C\C/C=C\C/C=C\C/C=C\C/C=C\C/C=C\CCCCCCC(=O)OC(COC(=O)CCCCCC/C=C\C/C=C\C/C=C\C/C=C\CC)COC(=O)CCCCCCCCCCCCCCC/C=C\CCCCCCCCCC. The van der Waals surface area contributed by atoms with Crippen LogP contribution in [0.1, 0.15) is 316 Å². The van der Waals surface area contributed by atoms with Crippen molar-refractivity contribution in [2.45, 2.75) is 322 Å². The molecule has 6 nitrogen and oxygen atoms in total. The van der Waals surface area contributed by atoms with Crippen LogP contribution in [0.25, 0.3) is 0 Å². The molecule has 0 aliphatic rings. The van der Waals surface area contributed by atoms with Crippen LogP contribution in [-0.4, -0.2) is 37.2 Å². The zero-order valence-corrected chi connectivity index (χ0v) is 54.2. The van der Waals surface area contributed by atoms with Crippen molar-refractivity contribution < 1.29 is 28.6 Å². The van der Waals surface area contributed by atoms with E-state index in [1.165, 1.54) is 128 Å². The Hall–Kier alpha value is -4.45. The van der Waals surface area contributed by atoms with E-state index < -0.39 is 6.10 Å². The number of ether oxygens (including phenoxy) is 3. The van der Waals surface area contributed by atoms with Gasteiger partial charge < -0.3 is 14.2 Å². The molecule has 0 saturated heterocycles. The first-order chi connectivity index (χ1) is 41.0. The van der Waals surface area contributed by atoms with Crippen LogP contribution in [0.15, 0.2) is 134 Å². The molecule has 0 amide bonds. The highest BCUT2D eigenvalue weighted by Gasteiger charge is 2.19. The van der Waals surface area contributed by atoms with Crippen LogP contribution >= 0.6 is 0 Å². The van der Waals surface area contributed by atoms with E-state index in [4.69, 9.17) is 14.2 Å². The zero-order valence-electron chi connectivity index (χ0n) is 54.2. The first-order valence-corrected chi connectivity index (χ1v) is 34.7. The van der Waals surface area contributed by atoms with Crippen LogP contribution in [0.5, 0.6) is 0 Å². The Morgan fingerprint density at radius 1 is 0.253 bits per heavy atom. The van der Waals surface area contributed by atoms with E-state index in [-0.39, 0.29) is 37.5 Å². The summed E-state index contributed by atoms with van der Waals surface area (Å²) in [6.45, 7) is 6.40. The second-order valence-corrected chi connectivity index (χ2v) is 22.7. The minimum Gasteiger partial charge on any atom is -0.462 e. The lowest BCUT2D eigenvalue weighted by atomic mass is 10.0. The van der Waals surface area contributed by atoms with Crippen molar-refractivity contribution in [3.8, 4) is 0 Å². The maximum Gasteiger partial charge on any atom is 0.306 e. The number of unbranched alkanes of at least 4 members (excludes halogenated alkanes) is 29. The maximum absolute atomic E-state index is 13.0. The first-order valence-electron chi connectivity index (χ1n) is 34.7. The molecule has 0 bridgehead atoms. The Morgan fingerprint density at radius 2 is 0.470 bits per heavy atom. The summed E-state index contributed by atoms with van der Waals surface area (Å²) >= 11 is 0. The van der Waals surface area contributed by atoms with Gasteiger partial charge in [-0.15, -0.1) is 0 Å². The van der Waals surface area contributed by atoms with Crippen LogP contribution < -0.4 is 0 Å². The van der Waals surface area contributed by atoms with Gasteiger partial charge in [0.15, 0.2) is 6.10 Å². The van der Waals surface area contributed by atoms with Crippen molar-refractivity contribution >= 4 is 17.9 Å². The number of hydrogen-bond acceptors (Lipinski definition) is 6. The van der Waals surface area contributed by atoms with Gasteiger partial charge in [-0.25, -0.2) is 0 Å². The van der Waals surface area contributed by atoms with Gasteiger partial charge in [-0.05, 0) is 135 Å². The topological polar surface area (TPSA) is 78.9 Å². The molecule has 0 aliphatic carbocycles. The van der Waals surface area contributed by atoms with Gasteiger partial charge in [0.2, 0.25) is 0 Å². The van der Waals surface area contributed by atoms with E-state index in [0.29, 0.717) is 12.8 Å². The molecule has 0 heterocycles. The average Bonchev–Trinajstić information content (AvgIpc) is 3.49. The van der Waals surface area contributed by atoms with Gasteiger partial charge in [0.05, 0.1) is 0 Å². The molecule has 0 aliphatic heterocycles. The van der Waals surface area contributed by atoms with Crippen LogP contribution in [0, 0.1) is 0 Å². The molecule has 0 fully saturated rings. The Bertz CT molecular complexity index is 1750. The standard InChI is InChI=1S/C77H128O6/c1-4-7-10-13-16-19-22-25-28-31-33-35-37-38-40-41-43-46-49-52-55-58-61-64-67-70-76(79)82-73-74(72-81-75(78)69-66-63-60-57-54-51-48-45-30-27-24-21-18-15-12-9-6-3)83-77(80)71-68-65-62-59-56-53-50-47-44-42-39-36-34-32-29-26-23-20-17-14-11-8-5-2/h8-9,11-12,17-18,20-21,26-27,29-31,33-34,36,42,44,48,50-51,53,74H,4-7,10,13-16,19,22-25,28,32,35,37-41,43,45-47,49,52,54-73H2,1-3H3/b11-8-,12-9-,20-17-,21-18-,29-26-,30-27-,33-31-,36-34-,44-42-,51-48-,53-50-. The molecule has 472 valence electrons. The van der Waals surface area contributed by atoms with Gasteiger partial charge in [0.1, 0.15) is 13.2 Å². The number of rotatable bonds is 62. The van der Waals surface area contributed by atoms with Crippen molar-refractivity contribution in [1.29, 1.82) is 0 Å². The highest BCUT2D eigenvalue weighted by molar-refractivity contribution is 5.71. The quantitative estimate of drug-likeness (QED) is 0.0261. The first kappa shape index (κ1) is 78.5. The Kier molecular flexibility index (Phi) is 66.3. The molecule has 83 heavy (non-hydrogen) atoms. The highest BCUT2D eigenvalue weighted by Crippen LogP contribution is 2.16. The third-order valence-electron chi connectivity index (χ3n) is 14.6. The molecular formula is C77H128O6. The van der Waals surface area contributed by atoms with E-state index in [1.807, 2.05) is 0 Å². The molecule has 0 aromatic rings. The van der Waals surface area contributed by atoms with Crippen LogP contribution in [0.2, 0.25) is 0 Å². The fraction of sp³-hybridized carbons (Fsp3) is 0.675. The highest BCUT2D eigenvalue weighted by atomic mass is 16.6. The predicted molar refractivity (Wildman–Crippen MR) is 362 cm³/mol. The third-order valence-corrected chi connectivity index (χ3v) is 14.6. The summed E-state index contributed by atoms with van der Waals surface area (Å²) in [4.78, 5) is 38.5. The zero-order chi connectivity index (χ0) is 59.9. The summed E-state index contributed by atoms with van der Waals surface area (Å²) < 4.78 is 16.9. The van der Waals surface area contributed by atoms with Crippen LogP contribution in [-0.2, 0) is 28.6 Å². The Balaban J connectivity index is 4.44. The van der Waals surface area contributed by atoms with Gasteiger partial charge in [0, 0.05) is 19.3 Å². The minimum atomic E-state index is -0.809. The van der Waals surface area contributed by atoms with Gasteiger partial charge in [0.25, 0.3) is 0 Å². The van der Waals surface area contributed by atoms with E-state index >= 15 is 0 Å². The second kappa shape index (κ2) is 70.0. The third kappa shape index (κ3) is 68.2. The summed E-state index contributed by atoms with van der Waals surface area (Å²) in [5.41, 5.74) is 0. The second-order valence-electron chi connectivity index (χ2n) is 22.7. The molecule has 6 heteroatoms. The molecule has 0 aromatic heterocycles. The summed E-state index contributed by atoms with van der Waals surface area (Å²) in [6.07, 6.45) is 99.0. The summed E-state index contributed by atoms with van der Waals surface area (Å²) in [5, 5.41) is 0. The molecule has 0 spiro atoms. The largest absolute Gasteiger partial charge is 0.462 e. The molecule has 1 atom stereocenters. The molecule has 0 saturated carbocycles. The van der Waals surface area contributed by atoms with E-state index in [0.717, 1.165) is 148 Å². The monoisotopic (exact) mass is 1150 g/mol. The lowest BCUT2D eigenvalue weighted by Crippen LogP contribution is -2.30. The number of carbonyl (C=O) groups is 3. The van der Waals surface area contributed by atoms with Crippen LogP contribution in [0.3, 0.4) is 0 Å². The number of allylic oxidation sites excluding steroid dienone is 22. The lowest BCUT2D eigenvalue weighted by Gasteiger charge is -2.18. The van der Waals surface area contributed by atoms with Crippen molar-refractivity contribution in [2.75, 3.05) is 13.2 Å². The Morgan fingerprint density at radius 3 is 0.747 bits per heavy atom. The van der Waals surface area contributed by atoms with Crippen molar-refractivity contribution in [1.82, 2.24) is 0 Å². The fourth-order valence-corrected chi connectivity index (χ4v) is 9.49. The van der Waals surface area contributed by atoms with Gasteiger partial charge in [-0.1, -0.05) is 296 Å². The van der Waals surface area contributed by atoms with E-state index in [9.17, 15) is 14.4 Å². The van der Waals surface area contributed by atoms with Gasteiger partial charge in [-0.2, -0.15) is 0 Å². The molecule has 1 unspecified atom stereocenters. The Labute approximate surface area is 513 Å². The van der Waals surface area contributed by atoms with E-state index in [1.54, 1.807) is 0 Å². The predicted octanol–water partition coefficient (Wildman–Crippen LogP) is 24.1. The summed E-state index contributed by atoms with van der Waals surface area (Å²) in [5.74, 6) is -0.942. The smallest absolute Gasteiger partial charge is 0.306 e. The number of carbonyl (C=O) groups excluding carboxylic acids is 3. The molecular weight excluding hydrogens is 1020 g/mol. The van der Waals surface area contributed by atoms with Crippen LogP contribution in [0.4, 0.5) is 0 Å². The van der Waals surface area contributed by atoms with E-state index in [2.05, 4.69) is 154 Å². The molecule has 0 rings (SSSR count). The normalized spacial score (nSPS) is 13.0. The van der Waals surface area contributed by atoms with Gasteiger partial charge in [-0.3, -0.25) is 14.4 Å². The van der Waals surface area contributed by atoms with Gasteiger partial charge >= 0.3 is 17.9 Å². The minimum absolute atomic E-state index is 0.0993. The van der Waals surface area contributed by atoms with Crippen molar-refractivity contribution in [2.24, 2.45) is 0 Å². The van der Waals surface area contributed by atoms with Crippen molar-refractivity contribution in [3.05, 3.63) is 134 Å². The summed E-state index contributed by atoms with van der Waals surface area (Å²) in [6, 6.07) is 0. The molecule has 0 radical (unpaired) electrons. The lowest BCUT2D eigenvalue weighted by molar-refractivity contribution is -0.167. The van der Waals surface area contributed by atoms with Crippen molar-refractivity contribution in [3.63, 3.8) is 0 Å². The fourth-order valence-electron chi connectivity index (χ4n) is 9.49. The maximum atomic E-state index is 13.0. The molecule has 0 N–H and O–H groups in total. The summed E-state index contributed by atoms with van der Waals surface area (Å²) in [7, 11) is 0.